The highest BCUT2D eigenvalue weighted by molar-refractivity contribution is 5.85. The quantitative estimate of drug-likeness (QED) is 0.522. The highest BCUT2D eigenvalue weighted by atomic mass is 35.5. The summed E-state index contributed by atoms with van der Waals surface area (Å²) in [7, 11) is 0. The van der Waals surface area contributed by atoms with Gasteiger partial charge in [-0.15, -0.1) is 12.4 Å². The van der Waals surface area contributed by atoms with Crippen molar-refractivity contribution in [2.24, 2.45) is 0 Å². The molecular formula is C6H15ClN2. The van der Waals surface area contributed by atoms with Gasteiger partial charge in [-0.1, -0.05) is 0 Å². The Morgan fingerprint density at radius 1 is 1.22 bits per heavy atom. The van der Waals surface area contributed by atoms with Crippen molar-refractivity contribution in [1.82, 2.24) is 10.6 Å². The van der Waals surface area contributed by atoms with E-state index in [1.807, 2.05) is 0 Å². The van der Waals surface area contributed by atoms with Gasteiger partial charge in [0.25, 0.3) is 0 Å². The van der Waals surface area contributed by atoms with Crippen LogP contribution in [0.4, 0.5) is 0 Å². The molecule has 1 heterocycles. The molecule has 0 aromatic heterocycles. The van der Waals surface area contributed by atoms with Crippen LogP contribution in [0.25, 0.3) is 0 Å². The molecule has 0 bridgehead atoms. The molecule has 1 aliphatic rings. The van der Waals surface area contributed by atoms with Crippen LogP contribution in [0.2, 0.25) is 0 Å². The maximum absolute atomic E-state index is 3.40. The van der Waals surface area contributed by atoms with Gasteiger partial charge in [0.2, 0.25) is 0 Å². The van der Waals surface area contributed by atoms with E-state index in [0.717, 1.165) is 19.6 Å². The first-order valence-electron chi connectivity index (χ1n) is 3.16. The van der Waals surface area contributed by atoms with E-state index in [0.29, 0.717) is 5.54 Å². The molecule has 1 aliphatic heterocycles. The van der Waals surface area contributed by atoms with Crippen LogP contribution in [0.1, 0.15) is 13.8 Å². The minimum Gasteiger partial charge on any atom is -0.314 e. The SMILES string of the molecule is CC1(C)CNCCN1.Cl. The molecule has 0 aromatic carbocycles. The van der Waals surface area contributed by atoms with Gasteiger partial charge in [0, 0.05) is 25.2 Å². The lowest BCUT2D eigenvalue weighted by Crippen LogP contribution is -2.55. The number of halogens is 1. The third kappa shape index (κ3) is 3.04. The van der Waals surface area contributed by atoms with Gasteiger partial charge in [-0.2, -0.15) is 0 Å². The topological polar surface area (TPSA) is 24.1 Å². The van der Waals surface area contributed by atoms with E-state index < -0.39 is 0 Å². The van der Waals surface area contributed by atoms with Crippen LogP contribution in [0.5, 0.6) is 0 Å². The molecular weight excluding hydrogens is 136 g/mol. The summed E-state index contributed by atoms with van der Waals surface area (Å²) in [6.07, 6.45) is 0. The summed E-state index contributed by atoms with van der Waals surface area (Å²) in [5, 5.41) is 6.71. The van der Waals surface area contributed by atoms with Crippen LogP contribution in [0, 0.1) is 0 Å². The zero-order chi connectivity index (χ0) is 6.04. The summed E-state index contributed by atoms with van der Waals surface area (Å²) in [5.74, 6) is 0. The van der Waals surface area contributed by atoms with Crippen molar-refractivity contribution in [3.8, 4) is 0 Å². The Bertz CT molecular complexity index is 75.1. The Kier molecular flexibility index (Phi) is 3.48. The van der Waals surface area contributed by atoms with Crippen molar-refractivity contribution in [1.29, 1.82) is 0 Å². The van der Waals surface area contributed by atoms with Gasteiger partial charge in [0.1, 0.15) is 0 Å². The van der Waals surface area contributed by atoms with Crippen LogP contribution >= 0.6 is 12.4 Å². The predicted octanol–water partition coefficient (Wildman–Crippen LogP) is 0.380. The van der Waals surface area contributed by atoms with E-state index >= 15 is 0 Å². The van der Waals surface area contributed by atoms with Crippen molar-refractivity contribution >= 4 is 12.4 Å². The second kappa shape index (κ2) is 3.40. The molecule has 56 valence electrons. The average molecular weight is 151 g/mol. The van der Waals surface area contributed by atoms with Crippen molar-refractivity contribution in [2.75, 3.05) is 19.6 Å². The number of rotatable bonds is 0. The molecule has 0 spiro atoms. The number of hydrogen-bond acceptors (Lipinski definition) is 2. The molecule has 1 saturated heterocycles. The van der Waals surface area contributed by atoms with Gasteiger partial charge in [-0.05, 0) is 13.8 Å². The van der Waals surface area contributed by atoms with Crippen molar-refractivity contribution in [3.05, 3.63) is 0 Å². The van der Waals surface area contributed by atoms with Crippen LogP contribution in [0.3, 0.4) is 0 Å². The molecule has 3 heteroatoms. The minimum absolute atomic E-state index is 0. The highest BCUT2D eigenvalue weighted by Crippen LogP contribution is 2.00. The van der Waals surface area contributed by atoms with Gasteiger partial charge in [0.05, 0.1) is 0 Å². The summed E-state index contributed by atoms with van der Waals surface area (Å²) in [4.78, 5) is 0. The molecule has 1 fully saturated rings. The first kappa shape index (κ1) is 9.21. The normalized spacial score (nSPS) is 24.7. The molecule has 0 aromatic rings. The molecule has 0 atom stereocenters. The molecule has 2 nitrogen and oxygen atoms in total. The second-order valence-corrected chi connectivity index (χ2v) is 2.99. The number of piperazine rings is 1. The molecule has 0 radical (unpaired) electrons. The molecule has 9 heavy (non-hydrogen) atoms. The fraction of sp³-hybridized carbons (Fsp3) is 1.00. The highest BCUT2D eigenvalue weighted by Gasteiger charge is 2.18. The zero-order valence-corrected chi connectivity index (χ0v) is 6.85. The van der Waals surface area contributed by atoms with Gasteiger partial charge < -0.3 is 10.6 Å². The Morgan fingerprint density at radius 2 is 1.89 bits per heavy atom. The fourth-order valence-electron chi connectivity index (χ4n) is 0.953. The molecule has 0 saturated carbocycles. The summed E-state index contributed by atoms with van der Waals surface area (Å²) >= 11 is 0. The predicted molar refractivity (Wildman–Crippen MR) is 42.2 cm³/mol. The Hall–Kier alpha value is 0.210. The Balaban J connectivity index is 0.000000640. The summed E-state index contributed by atoms with van der Waals surface area (Å²) < 4.78 is 0. The lowest BCUT2D eigenvalue weighted by molar-refractivity contribution is 0.323. The van der Waals surface area contributed by atoms with Gasteiger partial charge in [-0.25, -0.2) is 0 Å². The lowest BCUT2D eigenvalue weighted by atomic mass is 10.0. The van der Waals surface area contributed by atoms with Crippen molar-refractivity contribution < 1.29 is 0 Å². The van der Waals surface area contributed by atoms with E-state index in [1.54, 1.807) is 0 Å². The molecule has 0 aliphatic carbocycles. The molecule has 2 N–H and O–H groups in total. The van der Waals surface area contributed by atoms with Crippen LogP contribution in [-0.4, -0.2) is 25.2 Å². The van der Waals surface area contributed by atoms with Crippen LogP contribution < -0.4 is 10.6 Å². The standard InChI is InChI=1S/C6H14N2.ClH/c1-6(2)5-7-3-4-8-6;/h7-8H,3-5H2,1-2H3;1H. The first-order valence-corrected chi connectivity index (χ1v) is 3.16. The zero-order valence-electron chi connectivity index (χ0n) is 6.03. The van der Waals surface area contributed by atoms with Gasteiger partial charge >= 0.3 is 0 Å². The number of nitrogens with one attached hydrogen (secondary N) is 2. The monoisotopic (exact) mass is 150 g/mol. The van der Waals surface area contributed by atoms with Gasteiger partial charge in [0.15, 0.2) is 0 Å². The van der Waals surface area contributed by atoms with Crippen molar-refractivity contribution in [2.45, 2.75) is 19.4 Å². The van der Waals surface area contributed by atoms with E-state index in [4.69, 9.17) is 0 Å². The van der Waals surface area contributed by atoms with Crippen LogP contribution in [0.15, 0.2) is 0 Å². The summed E-state index contributed by atoms with van der Waals surface area (Å²) in [6.45, 7) is 7.72. The Morgan fingerprint density at radius 3 is 2.11 bits per heavy atom. The summed E-state index contributed by atoms with van der Waals surface area (Å²) in [5.41, 5.74) is 0.318. The van der Waals surface area contributed by atoms with Crippen molar-refractivity contribution in [3.63, 3.8) is 0 Å². The minimum atomic E-state index is 0. The number of hydrogen-bond donors (Lipinski definition) is 2. The largest absolute Gasteiger partial charge is 0.314 e. The van der Waals surface area contributed by atoms with E-state index in [-0.39, 0.29) is 12.4 Å². The third-order valence-electron chi connectivity index (χ3n) is 1.47. The third-order valence-corrected chi connectivity index (χ3v) is 1.47. The fourth-order valence-corrected chi connectivity index (χ4v) is 0.953. The molecule has 0 unspecified atom stereocenters. The molecule has 1 rings (SSSR count). The molecule has 0 amide bonds. The second-order valence-electron chi connectivity index (χ2n) is 2.99. The average Bonchev–Trinajstić information content (AvgIpc) is 1.65. The summed E-state index contributed by atoms with van der Waals surface area (Å²) in [6, 6.07) is 0. The van der Waals surface area contributed by atoms with Gasteiger partial charge in [-0.3, -0.25) is 0 Å². The van der Waals surface area contributed by atoms with E-state index in [2.05, 4.69) is 24.5 Å². The van der Waals surface area contributed by atoms with E-state index in [9.17, 15) is 0 Å². The maximum Gasteiger partial charge on any atom is 0.0250 e. The first-order chi connectivity index (χ1) is 3.71. The maximum atomic E-state index is 3.40. The smallest absolute Gasteiger partial charge is 0.0250 e. The van der Waals surface area contributed by atoms with Crippen LogP contribution in [-0.2, 0) is 0 Å². The lowest BCUT2D eigenvalue weighted by Gasteiger charge is -2.31. The Labute approximate surface area is 62.8 Å². The van der Waals surface area contributed by atoms with E-state index in [1.165, 1.54) is 0 Å².